The Morgan fingerprint density at radius 1 is 1.42 bits per heavy atom. The zero-order chi connectivity index (χ0) is 13.9. The molecule has 0 amide bonds. The van der Waals surface area contributed by atoms with Crippen LogP contribution in [0, 0.1) is 0 Å². The van der Waals surface area contributed by atoms with Gasteiger partial charge in [-0.2, -0.15) is 0 Å². The van der Waals surface area contributed by atoms with Gasteiger partial charge in [0.25, 0.3) is 0 Å². The van der Waals surface area contributed by atoms with Crippen molar-refractivity contribution in [2.45, 2.75) is 51.1 Å². The summed E-state index contributed by atoms with van der Waals surface area (Å²) in [5.41, 5.74) is 1.31. The number of hydrogen-bond donors (Lipinski definition) is 1. The van der Waals surface area contributed by atoms with Gasteiger partial charge in [-0.1, -0.05) is 20.8 Å². The number of thiazole rings is 1. The highest BCUT2D eigenvalue weighted by Crippen LogP contribution is 2.26. The van der Waals surface area contributed by atoms with E-state index in [0.717, 1.165) is 37.6 Å². The van der Waals surface area contributed by atoms with Gasteiger partial charge < -0.3 is 10.1 Å². The second-order valence-electron chi connectivity index (χ2n) is 6.26. The second-order valence-corrected chi connectivity index (χ2v) is 7.47. The highest BCUT2D eigenvalue weighted by atomic mass is 35.5. The molecular weight excluding hydrogens is 280 g/mol. The number of alkyl halides is 1. The number of nitrogens with one attached hydrogen (secondary N) is 1. The molecule has 1 N–H and O–H groups in total. The van der Waals surface area contributed by atoms with Crippen molar-refractivity contribution >= 4 is 22.9 Å². The van der Waals surface area contributed by atoms with E-state index < -0.39 is 0 Å². The van der Waals surface area contributed by atoms with Gasteiger partial charge in [-0.3, -0.25) is 0 Å². The topological polar surface area (TPSA) is 34.1 Å². The highest BCUT2D eigenvalue weighted by molar-refractivity contribution is 7.09. The van der Waals surface area contributed by atoms with E-state index in [1.165, 1.54) is 5.69 Å². The summed E-state index contributed by atoms with van der Waals surface area (Å²) in [5.74, 6) is 0.633. The number of hydrogen-bond acceptors (Lipinski definition) is 4. The number of ether oxygens (including phenoxy) is 1. The summed E-state index contributed by atoms with van der Waals surface area (Å²) in [7, 11) is 0. The Labute approximate surface area is 124 Å². The molecule has 2 rings (SSSR count). The van der Waals surface area contributed by atoms with Crippen molar-refractivity contribution in [2.24, 2.45) is 0 Å². The molecule has 3 nitrogen and oxygen atoms in total. The lowest BCUT2D eigenvalue weighted by Crippen LogP contribution is -2.50. The molecule has 1 aromatic rings. The van der Waals surface area contributed by atoms with Crippen molar-refractivity contribution in [3.63, 3.8) is 0 Å². The van der Waals surface area contributed by atoms with Crippen LogP contribution in [0.2, 0.25) is 0 Å². The first-order valence-corrected chi connectivity index (χ1v) is 8.20. The summed E-state index contributed by atoms with van der Waals surface area (Å²) in [4.78, 5) is 4.71. The van der Waals surface area contributed by atoms with Gasteiger partial charge in [0.05, 0.1) is 5.69 Å². The van der Waals surface area contributed by atoms with Crippen LogP contribution in [0.3, 0.4) is 0 Å². The minimum Gasteiger partial charge on any atom is -0.381 e. The Morgan fingerprint density at radius 3 is 2.63 bits per heavy atom. The van der Waals surface area contributed by atoms with Crippen LogP contribution in [0.15, 0.2) is 5.38 Å². The van der Waals surface area contributed by atoms with Crippen LogP contribution >= 0.6 is 22.9 Å². The summed E-state index contributed by atoms with van der Waals surface area (Å²) in [5, 5.41) is 6.90. The molecule has 1 saturated heterocycles. The van der Waals surface area contributed by atoms with Gasteiger partial charge in [-0.25, -0.2) is 4.98 Å². The minimum atomic E-state index is 0.0212. The van der Waals surface area contributed by atoms with Gasteiger partial charge in [-0.05, 0) is 12.8 Å². The highest BCUT2D eigenvalue weighted by Gasteiger charge is 2.31. The number of nitrogens with zero attached hydrogens (tertiary/aromatic N) is 1. The van der Waals surface area contributed by atoms with Crippen molar-refractivity contribution in [1.29, 1.82) is 0 Å². The van der Waals surface area contributed by atoms with E-state index in [2.05, 4.69) is 31.5 Å². The number of aromatic nitrogens is 1. The summed E-state index contributed by atoms with van der Waals surface area (Å²) in [6, 6.07) is 0. The molecule has 0 aromatic carbocycles. The minimum absolute atomic E-state index is 0.0212. The van der Waals surface area contributed by atoms with Crippen LogP contribution in [0.1, 0.15) is 44.3 Å². The number of halogens is 1. The van der Waals surface area contributed by atoms with Gasteiger partial charge in [0.2, 0.25) is 0 Å². The molecule has 0 radical (unpaired) electrons. The zero-order valence-corrected chi connectivity index (χ0v) is 13.5. The molecule has 1 aliphatic rings. The molecule has 1 aromatic heterocycles. The maximum atomic E-state index is 6.15. The SMILES string of the molecule is CC(C)(C)c1csc(CNC2(CCl)CCOCC2)n1. The molecule has 0 bridgehead atoms. The van der Waals surface area contributed by atoms with Crippen LogP contribution in [0.25, 0.3) is 0 Å². The molecule has 19 heavy (non-hydrogen) atoms. The smallest absolute Gasteiger partial charge is 0.107 e. The largest absolute Gasteiger partial charge is 0.381 e. The fraction of sp³-hybridized carbons (Fsp3) is 0.786. The third-order valence-electron chi connectivity index (χ3n) is 3.64. The Balaban J connectivity index is 1.96. The summed E-state index contributed by atoms with van der Waals surface area (Å²) in [6.07, 6.45) is 1.96. The molecule has 0 unspecified atom stereocenters. The third-order valence-corrected chi connectivity index (χ3v) is 5.00. The molecule has 1 aliphatic heterocycles. The Bertz CT molecular complexity index is 408. The molecule has 5 heteroatoms. The van der Waals surface area contributed by atoms with E-state index in [1.54, 1.807) is 11.3 Å². The summed E-state index contributed by atoms with van der Waals surface area (Å²) in [6.45, 7) is 8.97. The first-order chi connectivity index (χ1) is 8.95. The van der Waals surface area contributed by atoms with Crippen molar-refractivity contribution in [3.05, 3.63) is 16.1 Å². The first-order valence-electron chi connectivity index (χ1n) is 6.79. The molecule has 2 heterocycles. The van der Waals surface area contributed by atoms with E-state index in [0.29, 0.717) is 5.88 Å². The monoisotopic (exact) mass is 302 g/mol. The van der Waals surface area contributed by atoms with Crippen molar-refractivity contribution in [1.82, 2.24) is 10.3 Å². The summed E-state index contributed by atoms with van der Waals surface area (Å²) >= 11 is 7.87. The van der Waals surface area contributed by atoms with E-state index in [-0.39, 0.29) is 11.0 Å². The normalized spacial score (nSPS) is 19.6. The van der Waals surface area contributed by atoms with Gasteiger partial charge in [0.1, 0.15) is 5.01 Å². The average molecular weight is 303 g/mol. The van der Waals surface area contributed by atoms with Crippen molar-refractivity contribution in [2.75, 3.05) is 19.1 Å². The fourth-order valence-corrected chi connectivity index (χ4v) is 3.44. The van der Waals surface area contributed by atoms with Crippen molar-refractivity contribution in [3.8, 4) is 0 Å². The molecule has 0 saturated carbocycles. The fourth-order valence-electron chi connectivity index (χ4n) is 2.12. The van der Waals surface area contributed by atoms with Gasteiger partial charge >= 0.3 is 0 Å². The summed E-state index contributed by atoms with van der Waals surface area (Å²) < 4.78 is 5.42. The van der Waals surface area contributed by atoms with Gasteiger partial charge in [0, 0.05) is 42.0 Å². The third kappa shape index (κ3) is 3.91. The maximum Gasteiger partial charge on any atom is 0.107 e. The predicted molar refractivity (Wildman–Crippen MR) is 81.2 cm³/mol. The lowest BCUT2D eigenvalue weighted by molar-refractivity contribution is 0.0459. The first kappa shape index (κ1) is 15.2. The molecule has 108 valence electrons. The standard InChI is InChI=1S/C14H23ClN2OS/c1-13(2,3)11-9-19-12(17-11)8-16-14(10-15)4-6-18-7-5-14/h9,16H,4-8,10H2,1-3H3. The zero-order valence-electron chi connectivity index (χ0n) is 12.0. The second kappa shape index (κ2) is 6.08. The molecule has 0 spiro atoms. The molecule has 0 atom stereocenters. The molecule has 0 aliphatic carbocycles. The molecular formula is C14H23ClN2OS. The van der Waals surface area contributed by atoms with E-state index in [1.807, 2.05) is 0 Å². The van der Waals surface area contributed by atoms with E-state index in [4.69, 9.17) is 21.3 Å². The number of rotatable bonds is 4. The van der Waals surface area contributed by atoms with Crippen molar-refractivity contribution < 1.29 is 4.74 Å². The predicted octanol–water partition coefficient (Wildman–Crippen LogP) is 3.32. The maximum absolute atomic E-state index is 6.15. The van der Waals surface area contributed by atoms with Crippen LogP contribution in [-0.2, 0) is 16.7 Å². The van der Waals surface area contributed by atoms with Crippen LogP contribution < -0.4 is 5.32 Å². The van der Waals surface area contributed by atoms with E-state index in [9.17, 15) is 0 Å². The van der Waals surface area contributed by atoms with E-state index >= 15 is 0 Å². The lowest BCUT2D eigenvalue weighted by atomic mass is 9.92. The lowest BCUT2D eigenvalue weighted by Gasteiger charge is -2.36. The quantitative estimate of drug-likeness (QED) is 0.866. The van der Waals surface area contributed by atoms with Gasteiger partial charge in [0.15, 0.2) is 0 Å². The molecule has 1 fully saturated rings. The average Bonchev–Trinajstić information content (AvgIpc) is 2.86. The van der Waals surface area contributed by atoms with Crippen LogP contribution in [0.4, 0.5) is 0 Å². The van der Waals surface area contributed by atoms with Crippen LogP contribution in [0.5, 0.6) is 0 Å². The Morgan fingerprint density at radius 2 is 2.11 bits per heavy atom. The van der Waals surface area contributed by atoms with Gasteiger partial charge in [-0.15, -0.1) is 22.9 Å². The Hall–Kier alpha value is -0.160. The van der Waals surface area contributed by atoms with Crippen LogP contribution in [-0.4, -0.2) is 29.6 Å². The Kier molecular flexibility index (Phi) is 4.88.